The lowest BCUT2D eigenvalue weighted by Crippen LogP contribution is -1.95. The molecule has 0 fully saturated rings. The second-order valence-corrected chi connectivity index (χ2v) is 5.50. The fourth-order valence-corrected chi connectivity index (χ4v) is 2.56. The SMILES string of the molecule is CSCc1ccc(C(=O)C#Cc2cccs2)cc1. The summed E-state index contributed by atoms with van der Waals surface area (Å²) in [5.41, 5.74) is 1.88. The molecule has 1 aromatic carbocycles. The van der Waals surface area contributed by atoms with Crippen molar-refractivity contribution in [3.05, 3.63) is 57.8 Å². The van der Waals surface area contributed by atoms with Gasteiger partial charge in [0.1, 0.15) is 0 Å². The molecule has 3 heteroatoms. The van der Waals surface area contributed by atoms with E-state index in [1.54, 1.807) is 23.1 Å². The maximum Gasteiger partial charge on any atom is 0.236 e. The number of carbonyl (C=O) groups excluding carboxylic acids is 1. The van der Waals surface area contributed by atoms with Crippen LogP contribution in [0.25, 0.3) is 0 Å². The standard InChI is InChI=1S/C15H12OS2/c1-17-11-12-4-6-13(7-5-12)15(16)9-8-14-3-2-10-18-14/h2-7,10H,11H2,1H3. The van der Waals surface area contributed by atoms with Crippen molar-refractivity contribution in [1.82, 2.24) is 0 Å². The highest BCUT2D eigenvalue weighted by Crippen LogP contribution is 2.11. The third kappa shape index (κ3) is 3.49. The number of thioether (sulfide) groups is 1. The molecule has 90 valence electrons. The Balaban J connectivity index is 2.09. The van der Waals surface area contributed by atoms with Crippen LogP contribution in [0.1, 0.15) is 20.8 Å². The molecule has 1 heterocycles. The van der Waals surface area contributed by atoms with E-state index in [-0.39, 0.29) is 5.78 Å². The second kappa shape index (κ2) is 6.44. The molecule has 1 nitrogen and oxygen atoms in total. The lowest BCUT2D eigenvalue weighted by atomic mass is 10.1. The van der Waals surface area contributed by atoms with Crippen LogP contribution >= 0.6 is 23.1 Å². The Hall–Kier alpha value is -1.50. The molecule has 1 aromatic heterocycles. The van der Waals surface area contributed by atoms with Gasteiger partial charge in [-0.05, 0) is 35.1 Å². The van der Waals surface area contributed by atoms with Gasteiger partial charge < -0.3 is 0 Å². The van der Waals surface area contributed by atoms with E-state index < -0.39 is 0 Å². The monoisotopic (exact) mass is 272 g/mol. The zero-order chi connectivity index (χ0) is 12.8. The van der Waals surface area contributed by atoms with Crippen molar-refractivity contribution < 1.29 is 4.79 Å². The molecule has 2 aromatic rings. The van der Waals surface area contributed by atoms with Gasteiger partial charge >= 0.3 is 0 Å². The summed E-state index contributed by atoms with van der Waals surface area (Å²) < 4.78 is 0. The van der Waals surface area contributed by atoms with Gasteiger partial charge in [0.05, 0.1) is 4.88 Å². The van der Waals surface area contributed by atoms with E-state index in [9.17, 15) is 4.79 Å². The van der Waals surface area contributed by atoms with E-state index in [2.05, 4.69) is 18.1 Å². The first-order valence-electron chi connectivity index (χ1n) is 5.47. The summed E-state index contributed by atoms with van der Waals surface area (Å²) in [5.74, 6) is 6.39. The summed E-state index contributed by atoms with van der Waals surface area (Å²) in [6.45, 7) is 0. The van der Waals surface area contributed by atoms with Crippen molar-refractivity contribution in [1.29, 1.82) is 0 Å². The normalized spacial score (nSPS) is 9.61. The molecule has 0 amide bonds. The lowest BCUT2D eigenvalue weighted by Gasteiger charge is -1.98. The molecule has 0 aliphatic carbocycles. The van der Waals surface area contributed by atoms with Crippen molar-refractivity contribution in [3.8, 4) is 11.8 Å². The Morgan fingerprint density at radius 2 is 2.06 bits per heavy atom. The molecule has 2 rings (SSSR count). The van der Waals surface area contributed by atoms with E-state index in [1.165, 1.54) is 5.56 Å². The maximum atomic E-state index is 11.8. The molecule has 0 spiro atoms. The first-order valence-corrected chi connectivity index (χ1v) is 7.74. The summed E-state index contributed by atoms with van der Waals surface area (Å²) in [4.78, 5) is 12.8. The summed E-state index contributed by atoms with van der Waals surface area (Å²) in [6.07, 6.45) is 2.06. The largest absolute Gasteiger partial charge is 0.279 e. The van der Waals surface area contributed by atoms with Crippen LogP contribution in [0.2, 0.25) is 0 Å². The minimum absolute atomic E-state index is 0.126. The fraction of sp³-hybridized carbons (Fsp3) is 0.133. The summed E-state index contributed by atoms with van der Waals surface area (Å²) >= 11 is 3.31. The van der Waals surface area contributed by atoms with Crippen molar-refractivity contribution in [2.24, 2.45) is 0 Å². The molecular formula is C15H12OS2. The zero-order valence-electron chi connectivity index (χ0n) is 9.97. The molecule has 0 aliphatic heterocycles. The van der Waals surface area contributed by atoms with Crippen molar-refractivity contribution >= 4 is 28.9 Å². The van der Waals surface area contributed by atoms with Gasteiger partial charge in [-0.15, -0.1) is 11.3 Å². The number of hydrogen-bond donors (Lipinski definition) is 0. The number of Topliss-reactive ketones (excluding diaryl/α,β-unsaturated/α-hetero) is 1. The quantitative estimate of drug-likeness (QED) is 0.623. The smallest absolute Gasteiger partial charge is 0.236 e. The summed E-state index contributed by atoms with van der Waals surface area (Å²) in [7, 11) is 0. The summed E-state index contributed by atoms with van der Waals surface area (Å²) in [6, 6.07) is 11.5. The average Bonchev–Trinajstić information content (AvgIpc) is 2.90. The van der Waals surface area contributed by atoms with E-state index >= 15 is 0 Å². The van der Waals surface area contributed by atoms with Gasteiger partial charge in [-0.2, -0.15) is 11.8 Å². The van der Waals surface area contributed by atoms with Crippen LogP contribution in [0, 0.1) is 11.8 Å². The molecule has 0 radical (unpaired) electrons. The number of benzene rings is 1. The third-order valence-corrected chi connectivity index (χ3v) is 3.75. The van der Waals surface area contributed by atoms with Crippen LogP contribution in [-0.2, 0) is 5.75 Å². The zero-order valence-corrected chi connectivity index (χ0v) is 11.6. The Labute approximate surface area is 115 Å². The second-order valence-electron chi connectivity index (χ2n) is 3.69. The number of hydrogen-bond acceptors (Lipinski definition) is 3. The van der Waals surface area contributed by atoms with Crippen LogP contribution in [0.5, 0.6) is 0 Å². The minimum atomic E-state index is -0.126. The molecular weight excluding hydrogens is 260 g/mol. The van der Waals surface area contributed by atoms with Gasteiger partial charge in [-0.1, -0.05) is 30.3 Å². The van der Waals surface area contributed by atoms with Crippen molar-refractivity contribution in [2.45, 2.75) is 5.75 Å². The molecule has 18 heavy (non-hydrogen) atoms. The van der Waals surface area contributed by atoms with Crippen LogP contribution < -0.4 is 0 Å². The molecule has 0 saturated heterocycles. The molecule has 0 atom stereocenters. The Morgan fingerprint density at radius 1 is 1.28 bits per heavy atom. The van der Waals surface area contributed by atoms with Gasteiger partial charge in [0.2, 0.25) is 5.78 Å². The highest BCUT2D eigenvalue weighted by Gasteiger charge is 2.01. The first-order chi connectivity index (χ1) is 8.79. The summed E-state index contributed by atoms with van der Waals surface area (Å²) in [5, 5.41) is 1.95. The van der Waals surface area contributed by atoms with Crippen LogP contribution in [0.15, 0.2) is 41.8 Å². The Kier molecular flexibility index (Phi) is 4.63. The maximum absolute atomic E-state index is 11.8. The van der Waals surface area contributed by atoms with Crippen molar-refractivity contribution in [2.75, 3.05) is 6.26 Å². The fourth-order valence-electron chi connectivity index (χ4n) is 1.46. The number of carbonyl (C=O) groups is 1. The molecule has 0 N–H and O–H groups in total. The van der Waals surface area contributed by atoms with E-state index in [4.69, 9.17) is 0 Å². The minimum Gasteiger partial charge on any atom is -0.279 e. The van der Waals surface area contributed by atoms with Gasteiger partial charge in [0.25, 0.3) is 0 Å². The predicted molar refractivity (Wildman–Crippen MR) is 79.2 cm³/mol. The van der Waals surface area contributed by atoms with E-state index in [0.717, 1.165) is 10.6 Å². The van der Waals surface area contributed by atoms with E-state index in [0.29, 0.717) is 5.56 Å². The van der Waals surface area contributed by atoms with Gasteiger partial charge in [-0.25, -0.2) is 0 Å². The van der Waals surface area contributed by atoms with Gasteiger partial charge in [0, 0.05) is 11.3 Å². The van der Waals surface area contributed by atoms with Crippen LogP contribution in [0.4, 0.5) is 0 Å². The number of thiophene rings is 1. The molecule has 0 aliphatic rings. The molecule has 0 bridgehead atoms. The highest BCUT2D eigenvalue weighted by atomic mass is 32.2. The Morgan fingerprint density at radius 3 is 2.67 bits per heavy atom. The van der Waals surface area contributed by atoms with Crippen LogP contribution in [0.3, 0.4) is 0 Å². The van der Waals surface area contributed by atoms with Crippen molar-refractivity contribution in [3.63, 3.8) is 0 Å². The molecule has 0 unspecified atom stereocenters. The number of ketones is 1. The number of rotatable bonds is 3. The lowest BCUT2D eigenvalue weighted by molar-refractivity contribution is 0.105. The highest BCUT2D eigenvalue weighted by molar-refractivity contribution is 7.97. The predicted octanol–water partition coefficient (Wildman–Crippen LogP) is 3.85. The average molecular weight is 272 g/mol. The topological polar surface area (TPSA) is 17.1 Å². The van der Waals surface area contributed by atoms with Gasteiger partial charge in [-0.3, -0.25) is 4.79 Å². The Bertz CT molecular complexity index is 571. The third-order valence-electron chi connectivity index (χ3n) is 2.35. The molecule has 0 saturated carbocycles. The van der Waals surface area contributed by atoms with Gasteiger partial charge in [0.15, 0.2) is 0 Å². The van der Waals surface area contributed by atoms with Crippen LogP contribution in [-0.4, -0.2) is 12.0 Å². The first kappa shape index (κ1) is 12.9. The van der Waals surface area contributed by atoms with E-state index in [1.807, 2.05) is 41.8 Å².